The van der Waals surface area contributed by atoms with Gasteiger partial charge in [0.2, 0.25) is 5.91 Å². The number of anilines is 1. The number of rotatable bonds is 3. The highest BCUT2D eigenvalue weighted by Gasteiger charge is 2.25. The SMILES string of the molecule is Cc1n[nH]c(-c2ccccc2)c1NC(=O)C1CCN(C)CC1. The Balaban J connectivity index is 1.78. The molecule has 0 atom stereocenters. The molecule has 3 rings (SSSR count). The predicted molar refractivity (Wildman–Crippen MR) is 87.6 cm³/mol. The van der Waals surface area contributed by atoms with Crippen molar-refractivity contribution in [3.05, 3.63) is 36.0 Å². The third-order valence-corrected chi connectivity index (χ3v) is 4.35. The van der Waals surface area contributed by atoms with Gasteiger partial charge in [-0.3, -0.25) is 9.89 Å². The highest BCUT2D eigenvalue weighted by molar-refractivity contribution is 5.96. The highest BCUT2D eigenvalue weighted by atomic mass is 16.1. The number of amides is 1. The van der Waals surface area contributed by atoms with Crippen molar-refractivity contribution in [2.24, 2.45) is 5.92 Å². The van der Waals surface area contributed by atoms with Crippen molar-refractivity contribution >= 4 is 11.6 Å². The summed E-state index contributed by atoms with van der Waals surface area (Å²) in [4.78, 5) is 14.8. The number of piperidine rings is 1. The van der Waals surface area contributed by atoms with Gasteiger partial charge in [-0.25, -0.2) is 0 Å². The van der Waals surface area contributed by atoms with Crippen molar-refractivity contribution in [2.75, 3.05) is 25.5 Å². The Hall–Kier alpha value is -2.14. The summed E-state index contributed by atoms with van der Waals surface area (Å²) >= 11 is 0. The quantitative estimate of drug-likeness (QED) is 0.916. The van der Waals surface area contributed by atoms with Crippen LogP contribution in [0.3, 0.4) is 0 Å². The van der Waals surface area contributed by atoms with Crippen molar-refractivity contribution in [1.82, 2.24) is 15.1 Å². The zero-order valence-electron chi connectivity index (χ0n) is 13.1. The average Bonchev–Trinajstić information content (AvgIpc) is 2.90. The van der Waals surface area contributed by atoms with E-state index in [-0.39, 0.29) is 11.8 Å². The van der Waals surface area contributed by atoms with Crippen molar-refractivity contribution in [1.29, 1.82) is 0 Å². The van der Waals surface area contributed by atoms with Crippen LogP contribution in [0, 0.1) is 12.8 Å². The van der Waals surface area contributed by atoms with Crippen molar-refractivity contribution in [3.63, 3.8) is 0 Å². The number of benzene rings is 1. The number of carbonyl (C=O) groups excluding carboxylic acids is 1. The molecule has 2 aromatic rings. The van der Waals surface area contributed by atoms with Gasteiger partial charge < -0.3 is 10.2 Å². The van der Waals surface area contributed by atoms with Crippen LogP contribution in [0.15, 0.2) is 30.3 Å². The second-order valence-electron chi connectivity index (χ2n) is 5.99. The fourth-order valence-electron chi connectivity index (χ4n) is 2.90. The van der Waals surface area contributed by atoms with Gasteiger partial charge in [-0.1, -0.05) is 30.3 Å². The first kappa shape index (κ1) is 14.8. The molecule has 0 bridgehead atoms. The van der Waals surface area contributed by atoms with Gasteiger partial charge in [0.25, 0.3) is 0 Å². The zero-order valence-corrected chi connectivity index (χ0v) is 13.1. The number of carbonyl (C=O) groups is 1. The lowest BCUT2D eigenvalue weighted by molar-refractivity contribution is -0.121. The Morgan fingerprint density at radius 2 is 1.95 bits per heavy atom. The lowest BCUT2D eigenvalue weighted by Gasteiger charge is -2.28. The molecule has 22 heavy (non-hydrogen) atoms. The third-order valence-electron chi connectivity index (χ3n) is 4.35. The number of aryl methyl sites for hydroxylation is 1. The van der Waals surface area contributed by atoms with Crippen LogP contribution in [0.2, 0.25) is 0 Å². The summed E-state index contributed by atoms with van der Waals surface area (Å²) < 4.78 is 0. The van der Waals surface area contributed by atoms with Crippen molar-refractivity contribution in [2.45, 2.75) is 19.8 Å². The Morgan fingerprint density at radius 1 is 1.27 bits per heavy atom. The Kier molecular flexibility index (Phi) is 4.24. The van der Waals surface area contributed by atoms with Gasteiger partial charge in [-0.05, 0) is 39.9 Å². The predicted octanol–water partition coefficient (Wildman–Crippen LogP) is 2.67. The molecular formula is C17H22N4O. The minimum atomic E-state index is 0.0918. The topological polar surface area (TPSA) is 61.0 Å². The highest BCUT2D eigenvalue weighted by Crippen LogP contribution is 2.29. The number of aromatic nitrogens is 2. The molecule has 1 fully saturated rings. The van der Waals surface area contributed by atoms with E-state index in [1.807, 2.05) is 37.3 Å². The van der Waals surface area contributed by atoms with Gasteiger partial charge in [0.1, 0.15) is 0 Å². The number of hydrogen-bond acceptors (Lipinski definition) is 3. The minimum Gasteiger partial charge on any atom is -0.322 e. The Bertz CT molecular complexity index is 642. The molecule has 1 amide bonds. The first-order valence-corrected chi connectivity index (χ1v) is 7.75. The molecule has 1 aromatic heterocycles. The van der Waals surface area contributed by atoms with E-state index in [2.05, 4.69) is 27.5 Å². The van der Waals surface area contributed by atoms with E-state index in [9.17, 15) is 4.79 Å². The Labute approximate surface area is 130 Å². The number of nitrogens with zero attached hydrogens (tertiary/aromatic N) is 2. The maximum Gasteiger partial charge on any atom is 0.227 e. The van der Waals surface area contributed by atoms with Gasteiger partial charge >= 0.3 is 0 Å². The summed E-state index contributed by atoms with van der Waals surface area (Å²) in [7, 11) is 2.10. The Morgan fingerprint density at radius 3 is 2.64 bits per heavy atom. The van der Waals surface area contributed by atoms with Crippen LogP contribution >= 0.6 is 0 Å². The number of nitrogens with one attached hydrogen (secondary N) is 2. The van der Waals surface area contributed by atoms with Gasteiger partial charge in [0.05, 0.1) is 17.1 Å². The molecule has 116 valence electrons. The van der Waals surface area contributed by atoms with E-state index in [1.54, 1.807) is 0 Å². The number of aromatic amines is 1. The van der Waals surface area contributed by atoms with Crippen molar-refractivity contribution in [3.8, 4) is 11.3 Å². The van der Waals surface area contributed by atoms with Crippen LogP contribution in [0.4, 0.5) is 5.69 Å². The maximum atomic E-state index is 12.5. The molecule has 2 heterocycles. The zero-order chi connectivity index (χ0) is 15.5. The van der Waals surface area contributed by atoms with Gasteiger partial charge in [0.15, 0.2) is 0 Å². The number of hydrogen-bond donors (Lipinski definition) is 2. The largest absolute Gasteiger partial charge is 0.322 e. The summed E-state index contributed by atoms with van der Waals surface area (Å²) in [5, 5.41) is 10.4. The lowest BCUT2D eigenvalue weighted by Crippen LogP contribution is -2.36. The summed E-state index contributed by atoms with van der Waals surface area (Å²) in [5.41, 5.74) is 3.52. The van der Waals surface area contributed by atoms with Gasteiger partial charge in [-0.2, -0.15) is 5.10 Å². The molecule has 2 N–H and O–H groups in total. The summed E-state index contributed by atoms with van der Waals surface area (Å²) in [5.74, 6) is 0.198. The molecule has 0 aliphatic carbocycles. The van der Waals surface area contributed by atoms with Gasteiger partial charge in [0, 0.05) is 11.5 Å². The lowest BCUT2D eigenvalue weighted by atomic mass is 9.96. The van der Waals surface area contributed by atoms with Crippen LogP contribution in [0.1, 0.15) is 18.5 Å². The second kappa shape index (κ2) is 6.32. The monoisotopic (exact) mass is 298 g/mol. The fourth-order valence-corrected chi connectivity index (χ4v) is 2.90. The summed E-state index contributed by atoms with van der Waals surface area (Å²) in [6.45, 7) is 3.87. The van der Waals surface area contributed by atoms with E-state index in [0.29, 0.717) is 0 Å². The molecule has 0 spiro atoms. The molecular weight excluding hydrogens is 276 g/mol. The number of likely N-dealkylation sites (tertiary alicyclic amines) is 1. The van der Waals surface area contributed by atoms with Crippen LogP contribution in [-0.2, 0) is 4.79 Å². The van der Waals surface area contributed by atoms with E-state index in [4.69, 9.17) is 0 Å². The van der Waals surface area contributed by atoms with E-state index in [0.717, 1.165) is 48.6 Å². The average molecular weight is 298 g/mol. The first-order valence-electron chi connectivity index (χ1n) is 7.75. The summed E-state index contributed by atoms with van der Waals surface area (Å²) in [6.07, 6.45) is 1.83. The molecule has 1 aliphatic rings. The third kappa shape index (κ3) is 3.04. The van der Waals surface area contributed by atoms with E-state index >= 15 is 0 Å². The standard InChI is InChI=1S/C17H22N4O/c1-12-15(16(20-19-12)13-6-4-3-5-7-13)18-17(22)14-8-10-21(2)11-9-14/h3-7,14H,8-11H2,1-2H3,(H,18,22)(H,19,20). The molecule has 1 aliphatic heterocycles. The molecule has 5 nitrogen and oxygen atoms in total. The van der Waals surface area contributed by atoms with Gasteiger partial charge in [-0.15, -0.1) is 0 Å². The molecule has 0 unspecified atom stereocenters. The van der Waals surface area contributed by atoms with E-state index in [1.165, 1.54) is 0 Å². The maximum absolute atomic E-state index is 12.5. The fraction of sp³-hybridized carbons (Fsp3) is 0.412. The number of H-pyrrole nitrogens is 1. The first-order chi connectivity index (χ1) is 10.6. The molecule has 0 radical (unpaired) electrons. The smallest absolute Gasteiger partial charge is 0.227 e. The van der Waals surface area contributed by atoms with Crippen LogP contribution in [-0.4, -0.2) is 41.1 Å². The van der Waals surface area contributed by atoms with Crippen LogP contribution in [0.5, 0.6) is 0 Å². The van der Waals surface area contributed by atoms with Crippen LogP contribution < -0.4 is 5.32 Å². The van der Waals surface area contributed by atoms with Crippen LogP contribution in [0.25, 0.3) is 11.3 Å². The molecule has 0 saturated carbocycles. The molecule has 1 aromatic carbocycles. The van der Waals surface area contributed by atoms with E-state index < -0.39 is 0 Å². The van der Waals surface area contributed by atoms with Crippen molar-refractivity contribution < 1.29 is 4.79 Å². The minimum absolute atomic E-state index is 0.0918. The molecule has 5 heteroatoms. The molecule has 1 saturated heterocycles. The summed E-state index contributed by atoms with van der Waals surface area (Å²) in [6, 6.07) is 9.96. The normalized spacial score (nSPS) is 16.6. The second-order valence-corrected chi connectivity index (χ2v) is 5.99.